The largest absolute Gasteiger partial charge is 0.495 e. The molecule has 10 heteroatoms. The number of amides is 1. The predicted octanol–water partition coefficient (Wildman–Crippen LogP) is -0.389. The van der Waals surface area contributed by atoms with Crippen molar-refractivity contribution >= 4 is 21.6 Å². The van der Waals surface area contributed by atoms with E-state index in [1.165, 1.54) is 25.4 Å². The Kier molecular flexibility index (Phi) is 3.82. The molecule has 112 valence electrons. The van der Waals surface area contributed by atoms with Crippen molar-refractivity contribution in [1.82, 2.24) is 9.97 Å². The Morgan fingerprint density at radius 2 is 2.10 bits per heavy atom. The van der Waals surface area contributed by atoms with Crippen LogP contribution in [0.4, 0.5) is 5.69 Å². The Hall–Kier alpha value is -2.59. The van der Waals surface area contributed by atoms with Crippen LogP contribution in [-0.4, -0.2) is 31.4 Å². The average Bonchev–Trinajstić information content (AvgIpc) is 2.84. The highest BCUT2D eigenvalue weighted by Gasteiger charge is 2.15. The molecule has 0 fully saturated rings. The number of imidazole rings is 1. The Bertz CT molecular complexity index is 836. The number of primary sulfonamides is 1. The number of aromatic amines is 2. The van der Waals surface area contributed by atoms with Crippen molar-refractivity contribution in [3.8, 4) is 5.75 Å². The lowest BCUT2D eigenvalue weighted by Crippen LogP contribution is -2.16. The standard InChI is InChI=1S/C11H12N4O5S/c1-20-9-3-2-6(21(12,18)19)4-7(9)14-10(16)8-5-13-11(17)15-8/h2-5H,1H3,(H,14,16)(H2,12,18,19)(H2,13,15,17). The molecule has 1 aromatic heterocycles. The van der Waals surface area contributed by atoms with Gasteiger partial charge in [0.2, 0.25) is 10.0 Å². The van der Waals surface area contributed by atoms with Crippen molar-refractivity contribution < 1.29 is 17.9 Å². The summed E-state index contributed by atoms with van der Waals surface area (Å²) in [6, 6.07) is 3.77. The lowest BCUT2D eigenvalue weighted by atomic mass is 10.3. The molecule has 0 bridgehead atoms. The summed E-state index contributed by atoms with van der Waals surface area (Å²) in [5.41, 5.74) is -0.440. The highest BCUT2D eigenvalue weighted by atomic mass is 32.2. The number of nitrogens with two attached hydrogens (primary N) is 1. The Morgan fingerprint density at radius 1 is 1.38 bits per heavy atom. The number of hydrogen-bond donors (Lipinski definition) is 4. The first-order valence-electron chi connectivity index (χ1n) is 5.61. The smallest absolute Gasteiger partial charge is 0.323 e. The number of hydrogen-bond acceptors (Lipinski definition) is 5. The second-order valence-electron chi connectivity index (χ2n) is 4.02. The molecule has 0 saturated heterocycles. The molecule has 1 amide bonds. The first kappa shape index (κ1) is 14.8. The third kappa shape index (κ3) is 3.30. The van der Waals surface area contributed by atoms with Crippen LogP contribution in [-0.2, 0) is 10.0 Å². The molecule has 0 unspecified atom stereocenters. The Labute approximate surface area is 119 Å². The Morgan fingerprint density at radius 3 is 2.62 bits per heavy atom. The molecule has 0 aliphatic rings. The van der Waals surface area contributed by atoms with E-state index in [2.05, 4.69) is 15.3 Å². The second-order valence-corrected chi connectivity index (χ2v) is 5.58. The number of nitrogens with one attached hydrogen (secondary N) is 3. The summed E-state index contributed by atoms with van der Waals surface area (Å²) in [5, 5.41) is 7.46. The molecule has 0 saturated carbocycles. The number of ether oxygens (including phenoxy) is 1. The summed E-state index contributed by atoms with van der Waals surface area (Å²) in [5.74, 6) is -0.396. The monoisotopic (exact) mass is 312 g/mol. The summed E-state index contributed by atoms with van der Waals surface area (Å²) in [4.78, 5) is 27.2. The van der Waals surface area contributed by atoms with E-state index in [4.69, 9.17) is 9.88 Å². The van der Waals surface area contributed by atoms with Gasteiger partial charge in [0.15, 0.2) is 0 Å². The van der Waals surface area contributed by atoms with E-state index in [1.807, 2.05) is 0 Å². The number of carbonyl (C=O) groups excluding carboxylic acids is 1. The van der Waals surface area contributed by atoms with Crippen molar-refractivity contribution in [2.45, 2.75) is 4.90 Å². The van der Waals surface area contributed by atoms with Gasteiger partial charge in [-0.1, -0.05) is 0 Å². The second kappa shape index (κ2) is 5.42. The van der Waals surface area contributed by atoms with Crippen molar-refractivity contribution in [3.63, 3.8) is 0 Å². The lowest BCUT2D eigenvalue weighted by Gasteiger charge is -2.10. The van der Waals surface area contributed by atoms with E-state index in [-0.39, 0.29) is 22.0 Å². The maximum atomic E-state index is 11.9. The average molecular weight is 312 g/mol. The van der Waals surface area contributed by atoms with Crippen molar-refractivity contribution in [3.05, 3.63) is 40.6 Å². The van der Waals surface area contributed by atoms with Gasteiger partial charge in [-0.05, 0) is 18.2 Å². The third-order valence-electron chi connectivity index (χ3n) is 2.59. The molecule has 2 aromatic rings. The normalized spacial score (nSPS) is 11.1. The zero-order chi connectivity index (χ0) is 15.6. The number of methoxy groups -OCH3 is 1. The number of rotatable bonds is 4. The molecule has 1 heterocycles. The van der Waals surface area contributed by atoms with Gasteiger partial charge < -0.3 is 20.0 Å². The summed E-state index contributed by atoms with van der Waals surface area (Å²) in [7, 11) is -2.56. The van der Waals surface area contributed by atoms with Crippen molar-refractivity contribution in [2.75, 3.05) is 12.4 Å². The summed E-state index contributed by atoms with van der Waals surface area (Å²) in [6.07, 6.45) is 1.19. The molecule has 1 aromatic carbocycles. The maximum Gasteiger partial charge on any atom is 0.323 e. The summed E-state index contributed by atoms with van der Waals surface area (Å²) >= 11 is 0. The van der Waals surface area contributed by atoms with Gasteiger partial charge in [-0.25, -0.2) is 18.4 Å². The quantitative estimate of drug-likeness (QED) is 0.607. The van der Waals surface area contributed by atoms with E-state index in [1.54, 1.807) is 0 Å². The van der Waals surface area contributed by atoms with Crippen LogP contribution < -0.4 is 20.9 Å². The number of anilines is 1. The van der Waals surface area contributed by atoms with E-state index in [9.17, 15) is 18.0 Å². The lowest BCUT2D eigenvalue weighted by molar-refractivity contribution is 0.102. The van der Waals surface area contributed by atoms with Gasteiger partial charge in [0, 0.05) is 6.20 Å². The van der Waals surface area contributed by atoms with Crippen LogP contribution in [0.25, 0.3) is 0 Å². The van der Waals surface area contributed by atoms with Crippen LogP contribution in [0.2, 0.25) is 0 Å². The predicted molar refractivity (Wildman–Crippen MR) is 73.7 cm³/mol. The zero-order valence-electron chi connectivity index (χ0n) is 10.8. The van der Waals surface area contributed by atoms with E-state index in [0.717, 1.165) is 6.07 Å². The first-order chi connectivity index (χ1) is 9.81. The topological polar surface area (TPSA) is 147 Å². The van der Waals surface area contributed by atoms with Crippen LogP contribution >= 0.6 is 0 Å². The zero-order valence-corrected chi connectivity index (χ0v) is 11.7. The number of aromatic nitrogens is 2. The first-order valence-corrected chi connectivity index (χ1v) is 7.16. The third-order valence-corrected chi connectivity index (χ3v) is 3.50. The van der Waals surface area contributed by atoms with Gasteiger partial charge in [0.1, 0.15) is 11.4 Å². The van der Waals surface area contributed by atoms with Crippen LogP contribution in [0.5, 0.6) is 5.75 Å². The minimum absolute atomic E-state index is 0.0111. The Balaban J connectivity index is 2.38. The van der Waals surface area contributed by atoms with Gasteiger partial charge in [0.05, 0.1) is 17.7 Å². The molecule has 0 spiro atoms. The fraction of sp³-hybridized carbons (Fsp3) is 0.0909. The number of H-pyrrole nitrogens is 2. The minimum atomic E-state index is -3.92. The minimum Gasteiger partial charge on any atom is -0.495 e. The molecular weight excluding hydrogens is 300 g/mol. The van der Waals surface area contributed by atoms with Gasteiger partial charge >= 0.3 is 5.69 Å². The maximum absolute atomic E-state index is 11.9. The molecule has 0 aliphatic heterocycles. The molecule has 0 aliphatic carbocycles. The van der Waals surface area contributed by atoms with Gasteiger partial charge in [0.25, 0.3) is 5.91 Å². The van der Waals surface area contributed by atoms with Gasteiger partial charge in [-0.15, -0.1) is 0 Å². The molecule has 5 N–H and O–H groups in total. The fourth-order valence-corrected chi connectivity index (χ4v) is 2.15. The van der Waals surface area contributed by atoms with E-state index < -0.39 is 21.6 Å². The fourth-order valence-electron chi connectivity index (χ4n) is 1.61. The molecule has 2 rings (SSSR count). The highest BCUT2D eigenvalue weighted by Crippen LogP contribution is 2.27. The van der Waals surface area contributed by atoms with Crippen LogP contribution in [0, 0.1) is 0 Å². The van der Waals surface area contributed by atoms with Gasteiger partial charge in [-0.3, -0.25) is 4.79 Å². The number of carbonyl (C=O) groups is 1. The molecule has 0 atom stereocenters. The number of sulfonamides is 1. The van der Waals surface area contributed by atoms with Crippen molar-refractivity contribution in [1.29, 1.82) is 0 Å². The van der Waals surface area contributed by atoms with E-state index in [0.29, 0.717) is 0 Å². The molecule has 21 heavy (non-hydrogen) atoms. The molecule has 9 nitrogen and oxygen atoms in total. The molecular formula is C11H12N4O5S. The summed E-state index contributed by atoms with van der Waals surface area (Å²) < 4.78 is 27.7. The molecule has 0 radical (unpaired) electrons. The number of benzene rings is 1. The van der Waals surface area contributed by atoms with Gasteiger partial charge in [-0.2, -0.15) is 0 Å². The van der Waals surface area contributed by atoms with E-state index >= 15 is 0 Å². The highest BCUT2D eigenvalue weighted by molar-refractivity contribution is 7.89. The van der Waals surface area contributed by atoms with Crippen LogP contribution in [0.15, 0.2) is 34.1 Å². The summed E-state index contributed by atoms with van der Waals surface area (Å²) in [6.45, 7) is 0. The van der Waals surface area contributed by atoms with Crippen LogP contribution in [0.3, 0.4) is 0 Å². The van der Waals surface area contributed by atoms with Crippen LogP contribution in [0.1, 0.15) is 10.5 Å². The SMILES string of the molecule is COc1ccc(S(N)(=O)=O)cc1NC(=O)c1c[nH]c(=O)[nH]1. The van der Waals surface area contributed by atoms with Crippen molar-refractivity contribution in [2.24, 2.45) is 5.14 Å².